The van der Waals surface area contributed by atoms with E-state index in [0.717, 1.165) is 29.0 Å². The molecule has 0 spiro atoms. The quantitative estimate of drug-likeness (QED) is 0.856. The Balaban J connectivity index is 2.07. The predicted octanol–water partition coefficient (Wildman–Crippen LogP) is 2.79. The Labute approximate surface area is 131 Å². The number of nitrogens with zero attached hydrogens (tertiary/aromatic N) is 2. The molecule has 0 fully saturated rings. The number of anilines is 1. The number of rotatable bonds is 6. The van der Waals surface area contributed by atoms with E-state index < -0.39 is 0 Å². The minimum absolute atomic E-state index is 0.199. The molecule has 5 nitrogen and oxygen atoms in total. The van der Waals surface area contributed by atoms with Crippen LogP contribution in [0.25, 0.3) is 11.3 Å². The van der Waals surface area contributed by atoms with Crippen LogP contribution in [0.5, 0.6) is 5.75 Å². The normalized spacial score (nSPS) is 13.6. The van der Waals surface area contributed by atoms with Crippen LogP contribution in [0.3, 0.4) is 0 Å². The summed E-state index contributed by atoms with van der Waals surface area (Å²) in [5.41, 5.74) is 14.4. The van der Waals surface area contributed by atoms with Crippen LogP contribution in [-0.2, 0) is 0 Å². The molecule has 1 aromatic heterocycles. The highest BCUT2D eigenvalue weighted by atomic mass is 16.5. The highest BCUT2D eigenvalue weighted by molar-refractivity contribution is 5.63. The second-order valence-corrected chi connectivity index (χ2v) is 5.94. The molecule has 0 amide bonds. The van der Waals surface area contributed by atoms with Gasteiger partial charge in [0.05, 0.1) is 12.3 Å². The Bertz CT molecular complexity index is 628. The lowest BCUT2D eigenvalue weighted by atomic mass is 10.0. The van der Waals surface area contributed by atoms with Gasteiger partial charge < -0.3 is 16.2 Å². The third-order valence-corrected chi connectivity index (χ3v) is 3.46. The van der Waals surface area contributed by atoms with Crippen LogP contribution in [0.4, 0.5) is 5.82 Å². The Morgan fingerprint density at radius 3 is 2.59 bits per heavy atom. The predicted molar refractivity (Wildman–Crippen MR) is 89.5 cm³/mol. The zero-order valence-electron chi connectivity index (χ0n) is 13.4. The number of hydrogen-bond donors (Lipinski definition) is 2. The third-order valence-electron chi connectivity index (χ3n) is 3.46. The molecule has 2 atom stereocenters. The zero-order valence-corrected chi connectivity index (χ0v) is 13.4. The molecule has 0 aliphatic carbocycles. The van der Waals surface area contributed by atoms with E-state index in [-0.39, 0.29) is 6.04 Å². The lowest BCUT2D eigenvalue weighted by Gasteiger charge is -2.16. The van der Waals surface area contributed by atoms with E-state index in [4.69, 9.17) is 16.2 Å². The molecule has 0 saturated heterocycles. The van der Waals surface area contributed by atoms with Gasteiger partial charge in [0.1, 0.15) is 17.9 Å². The fraction of sp³-hybridized carbons (Fsp3) is 0.412. The molecule has 4 N–H and O–H groups in total. The number of nitrogens with two attached hydrogens (primary N) is 2. The van der Waals surface area contributed by atoms with Gasteiger partial charge in [-0.05, 0) is 49.9 Å². The summed E-state index contributed by atoms with van der Waals surface area (Å²) in [6.07, 6.45) is 2.43. The standard InChI is InChI=1S/C17H24N4O/c1-11(6-13(3)18)9-22-16-5-4-14(7-12(16)2)15-8-17(19)21-10-20-15/h4-5,7-8,10-11,13H,6,9,18H2,1-3H3,(H2,19,20,21). The molecular weight excluding hydrogens is 276 g/mol. The lowest BCUT2D eigenvalue weighted by Crippen LogP contribution is -2.21. The molecule has 0 radical (unpaired) electrons. The number of aromatic nitrogens is 2. The second kappa shape index (κ2) is 7.22. The van der Waals surface area contributed by atoms with Gasteiger partial charge in [-0.2, -0.15) is 0 Å². The van der Waals surface area contributed by atoms with Crippen molar-refractivity contribution in [2.75, 3.05) is 12.3 Å². The first-order chi connectivity index (χ1) is 10.5. The molecule has 2 rings (SSSR count). The first-order valence-electron chi connectivity index (χ1n) is 7.52. The maximum atomic E-state index is 5.90. The SMILES string of the molecule is Cc1cc(-c2cc(N)ncn2)ccc1OCC(C)CC(C)N. The Hall–Kier alpha value is -2.14. The maximum absolute atomic E-state index is 5.90. The van der Waals surface area contributed by atoms with E-state index in [2.05, 4.69) is 16.9 Å². The molecule has 0 bridgehead atoms. The largest absolute Gasteiger partial charge is 0.493 e. The highest BCUT2D eigenvalue weighted by Crippen LogP contribution is 2.26. The summed E-state index contributed by atoms with van der Waals surface area (Å²) in [5.74, 6) is 1.79. The van der Waals surface area contributed by atoms with E-state index in [0.29, 0.717) is 18.3 Å². The highest BCUT2D eigenvalue weighted by Gasteiger charge is 2.09. The van der Waals surface area contributed by atoms with Crippen molar-refractivity contribution in [3.05, 3.63) is 36.2 Å². The van der Waals surface area contributed by atoms with Gasteiger partial charge in [0.25, 0.3) is 0 Å². The van der Waals surface area contributed by atoms with E-state index in [1.807, 2.05) is 32.0 Å². The molecule has 2 unspecified atom stereocenters. The monoisotopic (exact) mass is 300 g/mol. The number of benzene rings is 1. The van der Waals surface area contributed by atoms with Crippen molar-refractivity contribution in [3.8, 4) is 17.0 Å². The molecule has 0 aliphatic rings. The molecular formula is C17H24N4O. The van der Waals surface area contributed by atoms with Gasteiger partial charge in [-0.1, -0.05) is 6.92 Å². The van der Waals surface area contributed by atoms with Crippen LogP contribution in [0.15, 0.2) is 30.6 Å². The Morgan fingerprint density at radius 1 is 1.18 bits per heavy atom. The van der Waals surface area contributed by atoms with Crippen molar-refractivity contribution in [2.45, 2.75) is 33.2 Å². The fourth-order valence-electron chi connectivity index (χ4n) is 2.44. The maximum Gasteiger partial charge on any atom is 0.127 e. The topological polar surface area (TPSA) is 87.0 Å². The van der Waals surface area contributed by atoms with Crippen molar-refractivity contribution in [1.82, 2.24) is 9.97 Å². The number of aryl methyl sites for hydroxylation is 1. The van der Waals surface area contributed by atoms with Crippen LogP contribution < -0.4 is 16.2 Å². The first-order valence-corrected chi connectivity index (χ1v) is 7.52. The molecule has 0 aliphatic heterocycles. The van der Waals surface area contributed by atoms with E-state index in [9.17, 15) is 0 Å². The average molecular weight is 300 g/mol. The summed E-state index contributed by atoms with van der Waals surface area (Å²) in [5, 5.41) is 0. The van der Waals surface area contributed by atoms with E-state index >= 15 is 0 Å². The summed E-state index contributed by atoms with van der Waals surface area (Å²) in [7, 11) is 0. The van der Waals surface area contributed by atoms with Gasteiger partial charge in [0.15, 0.2) is 0 Å². The van der Waals surface area contributed by atoms with E-state index in [1.54, 1.807) is 6.07 Å². The van der Waals surface area contributed by atoms with Crippen molar-refractivity contribution >= 4 is 5.82 Å². The van der Waals surface area contributed by atoms with Crippen LogP contribution in [0, 0.1) is 12.8 Å². The van der Waals surface area contributed by atoms with Gasteiger partial charge in [-0.25, -0.2) is 9.97 Å². The summed E-state index contributed by atoms with van der Waals surface area (Å²) < 4.78 is 5.90. The summed E-state index contributed by atoms with van der Waals surface area (Å²) in [4.78, 5) is 8.15. The van der Waals surface area contributed by atoms with Crippen LogP contribution >= 0.6 is 0 Å². The summed E-state index contributed by atoms with van der Waals surface area (Å²) in [6, 6.07) is 7.97. The van der Waals surface area contributed by atoms with Gasteiger partial charge in [0, 0.05) is 17.7 Å². The van der Waals surface area contributed by atoms with Crippen molar-refractivity contribution < 1.29 is 4.74 Å². The van der Waals surface area contributed by atoms with Crippen LogP contribution in [0.2, 0.25) is 0 Å². The minimum atomic E-state index is 0.199. The van der Waals surface area contributed by atoms with Crippen molar-refractivity contribution in [3.63, 3.8) is 0 Å². The summed E-state index contributed by atoms with van der Waals surface area (Å²) >= 11 is 0. The zero-order chi connectivity index (χ0) is 16.1. The fourth-order valence-corrected chi connectivity index (χ4v) is 2.44. The van der Waals surface area contributed by atoms with Crippen molar-refractivity contribution in [1.29, 1.82) is 0 Å². The molecule has 0 saturated carbocycles. The van der Waals surface area contributed by atoms with Gasteiger partial charge in [-0.3, -0.25) is 0 Å². The van der Waals surface area contributed by atoms with Gasteiger partial charge >= 0.3 is 0 Å². The first kappa shape index (κ1) is 16.2. The smallest absolute Gasteiger partial charge is 0.127 e. The molecule has 1 heterocycles. The van der Waals surface area contributed by atoms with Crippen molar-refractivity contribution in [2.24, 2.45) is 11.7 Å². The molecule has 22 heavy (non-hydrogen) atoms. The molecule has 1 aromatic carbocycles. The molecule has 2 aromatic rings. The summed E-state index contributed by atoms with van der Waals surface area (Å²) in [6.45, 7) is 6.86. The van der Waals surface area contributed by atoms with Crippen LogP contribution in [0.1, 0.15) is 25.8 Å². The second-order valence-electron chi connectivity index (χ2n) is 5.94. The third kappa shape index (κ3) is 4.43. The average Bonchev–Trinajstić information content (AvgIpc) is 2.45. The van der Waals surface area contributed by atoms with Gasteiger partial charge in [-0.15, -0.1) is 0 Å². The van der Waals surface area contributed by atoms with Crippen LogP contribution in [-0.4, -0.2) is 22.6 Å². The molecule has 5 heteroatoms. The Kier molecular flexibility index (Phi) is 5.33. The number of nitrogen functional groups attached to an aromatic ring is 1. The lowest BCUT2D eigenvalue weighted by molar-refractivity contribution is 0.245. The van der Waals surface area contributed by atoms with E-state index in [1.165, 1.54) is 6.33 Å². The number of hydrogen-bond acceptors (Lipinski definition) is 5. The minimum Gasteiger partial charge on any atom is -0.493 e. The number of ether oxygens (including phenoxy) is 1. The molecule has 118 valence electrons. The Morgan fingerprint density at radius 2 is 1.95 bits per heavy atom. The van der Waals surface area contributed by atoms with Gasteiger partial charge in [0.2, 0.25) is 0 Å².